The zero-order valence-corrected chi connectivity index (χ0v) is 15.8. The van der Waals surface area contributed by atoms with Gasteiger partial charge >= 0.3 is 0 Å². The maximum Gasteiger partial charge on any atom is 0.277 e. The Balaban J connectivity index is 1.55. The molecule has 0 fully saturated rings. The molecular weight excluding hydrogens is 388 g/mol. The Hall–Kier alpha value is -2.84. The summed E-state index contributed by atoms with van der Waals surface area (Å²) in [6.07, 6.45) is 0. The van der Waals surface area contributed by atoms with Crippen LogP contribution in [0.3, 0.4) is 0 Å². The molecule has 0 aliphatic carbocycles. The Morgan fingerprint density at radius 3 is 2.59 bits per heavy atom. The predicted octanol–water partition coefficient (Wildman–Crippen LogP) is 3.33. The molecule has 0 saturated heterocycles. The van der Waals surface area contributed by atoms with Crippen LogP contribution in [0.15, 0.2) is 64.2 Å². The summed E-state index contributed by atoms with van der Waals surface area (Å²) in [5, 5.41) is 8.11. The van der Waals surface area contributed by atoms with Crippen LogP contribution in [0.5, 0.6) is 0 Å². The molecule has 2 amide bonds. The van der Waals surface area contributed by atoms with Crippen molar-refractivity contribution in [3.05, 3.63) is 65.2 Å². The lowest BCUT2D eigenvalue weighted by Gasteiger charge is -2.10. The van der Waals surface area contributed by atoms with Gasteiger partial charge in [0.15, 0.2) is 0 Å². The number of hydrogen-bond acceptors (Lipinski definition) is 6. The van der Waals surface area contributed by atoms with Crippen molar-refractivity contribution < 1.29 is 14.0 Å². The van der Waals surface area contributed by atoms with Crippen LogP contribution in [-0.2, 0) is 4.79 Å². The molecule has 9 heteroatoms. The minimum absolute atomic E-state index is 0.238. The van der Waals surface area contributed by atoms with Crippen LogP contribution in [0.25, 0.3) is 11.5 Å². The van der Waals surface area contributed by atoms with Crippen molar-refractivity contribution >= 4 is 35.2 Å². The fraction of sp³-hybridized carbons (Fsp3) is 0.111. The number of amides is 2. The van der Waals surface area contributed by atoms with E-state index in [0.29, 0.717) is 22.0 Å². The van der Waals surface area contributed by atoms with Crippen molar-refractivity contribution in [3.63, 3.8) is 0 Å². The lowest BCUT2D eigenvalue weighted by Crippen LogP contribution is -2.44. The van der Waals surface area contributed by atoms with Crippen molar-refractivity contribution in [3.8, 4) is 11.5 Å². The molecule has 3 rings (SSSR count). The smallest absolute Gasteiger partial charge is 0.277 e. The average molecular weight is 403 g/mol. The van der Waals surface area contributed by atoms with E-state index in [9.17, 15) is 9.59 Å². The van der Waals surface area contributed by atoms with Gasteiger partial charge in [0.05, 0.1) is 5.25 Å². The molecule has 1 aromatic heterocycles. The average Bonchev–Trinajstić information content (AvgIpc) is 3.15. The number of hydrogen-bond donors (Lipinski definition) is 2. The monoisotopic (exact) mass is 402 g/mol. The van der Waals surface area contributed by atoms with Gasteiger partial charge in [0.25, 0.3) is 17.0 Å². The summed E-state index contributed by atoms with van der Waals surface area (Å²) in [4.78, 5) is 24.1. The highest BCUT2D eigenvalue weighted by atomic mass is 35.5. The van der Waals surface area contributed by atoms with Crippen LogP contribution in [-0.4, -0.2) is 27.3 Å². The van der Waals surface area contributed by atoms with E-state index in [1.165, 1.54) is 0 Å². The highest BCUT2D eigenvalue weighted by molar-refractivity contribution is 8.00. The molecule has 0 aliphatic heterocycles. The fourth-order valence-electron chi connectivity index (χ4n) is 2.08. The maximum atomic E-state index is 12.2. The largest absolute Gasteiger partial charge is 0.411 e. The molecule has 1 heterocycles. The van der Waals surface area contributed by atoms with E-state index in [1.54, 1.807) is 61.5 Å². The van der Waals surface area contributed by atoms with Gasteiger partial charge in [-0.15, -0.1) is 10.2 Å². The molecule has 0 unspecified atom stereocenters. The third-order valence-electron chi connectivity index (χ3n) is 3.46. The first kappa shape index (κ1) is 18.9. The first-order chi connectivity index (χ1) is 13.0. The lowest BCUT2D eigenvalue weighted by atomic mass is 10.2. The molecule has 2 aromatic carbocycles. The second kappa shape index (κ2) is 8.70. The predicted molar refractivity (Wildman–Crippen MR) is 102 cm³/mol. The minimum atomic E-state index is -0.561. The minimum Gasteiger partial charge on any atom is -0.411 e. The molecule has 2 N–H and O–H groups in total. The van der Waals surface area contributed by atoms with Crippen LogP contribution < -0.4 is 10.9 Å². The van der Waals surface area contributed by atoms with E-state index < -0.39 is 17.1 Å². The first-order valence-corrected chi connectivity index (χ1v) is 9.20. The second-order valence-corrected chi connectivity index (χ2v) is 7.18. The Morgan fingerprint density at radius 1 is 1.07 bits per heavy atom. The van der Waals surface area contributed by atoms with Gasteiger partial charge in [0.1, 0.15) is 0 Å². The highest BCUT2D eigenvalue weighted by Gasteiger charge is 2.19. The summed E-state index contributed by atoms with van der Waals surface area (Å²) in [5.41, 5.74) is 5.88. The van der Waals surface area contributed by atoms with Gasteiger partial charge < -0.3 is 4.42 Å². The molecule has 138 valence electrons. The number of carbonyl (C=O) groups excluding carboxylic acids is 2. The van der Waals surface area contributed by atoms with Crippen molar-refractivity contribution in [1.29, 1.82) is 0 Å². The van der Waals surface area contributed by atoms with Gasteiger partial charge in [-0.05, 0) is 37.3 Å². The molecule has 0 aliphatic rings. The van der Waals surface area contributed by atoms with Gasteiger partial charge in [0.2, 0.25) is 5.89 Å². The van der Waals surface area contributed by atoms with Crippen molar-refractivity contribution in [2.75, 3.05) is 0 Å². The molecule has 1 atom stereocenters. The van der Waals surface area contributed by atoms with Crippen LogP contribution in [0, 0.1) is 0 Å². The number of halogens is 1. The summed E-state index contributed by atoms with van der Waals surface area (Å²) >= 11 is 7.03. The number of thioether (sulfide) groups is 1. The summed E-state index contributed by atoms with van der Waals surface area (Å²) in [6.45, 7) is 1.66. The summed E-state index contributed by atoms with van der Waals surface area (Å²) in [6, 6.07) is 15.6. The van der Waals surface area contributed by atoms with Gasteiger partial charge in [-0.2, -0.15) is 0 Å². The molecule has 7 nitrogen and oxygen atoms in total. The third-order valence-corrected chi connectivity index (χ3v) is 4.63. The zero-order chi connectivity index (χ0) is 19.2. The molecule has 0 bridgehead atoms. The topological polar surface area (TPSA) is 97.1 Å². The number of aromatic nitrogens is 2. The van der Waals surface area contributed by atoms with Gasteiger partial charge in [-0.25, -0.2) is 0 Å². The molecule has 0 spiro atoms. The molecule has 0 saturated carbocycles. The number of carbonyl (C=O) groups is 2. The quantitative estimate of drug-likeness (QED) is 0.502. The van der Waals surface area contributed by atoms with E-state index in [2.05, 4.69) is 21.0 Å². The van der Waals surface area contributed by atoms with Crippen LogP contribution in [0.4, 0.5) is 0 Å². The number of nitrogens with zero attached hydrogens (tertiary/aromatic N) is 2. The maximum absolute atomic E-state index is 12.2. The van der Waals surface area contributed by atoms with Crippen molar-refractivity contribution in [1.82, 2.24) is 21.0 Å². The van der Waals surface area contributed by atoms with Crippen LogP contribution >= 0.6 is 23.4 Å². The van der Waals surface area contributed by atoms with Gasteiger partial charge in [-0.3, -0.25) is 20.4 Å². The summed E-state index contributed by atoms with van der Waals surface area (Å²) in [5.74, 6) is -0.487. The molecule has 27 heavy (non-hydrogen) atoms. The lowest BCUT2D eigenvalue weighted by molar-refractivity contribution is -0.121. The van der Waals surface area contributed by atoms with Crippen molar-refractivity contribution in [2.45, 2.75) is 17.4 Å². The number of benzene rings is 2. The van der Waals surface area contributed by atoms with Gasteiger partial charge in [0, 0.05) is 16.1 Å². The van der Waals surface area contributed by atoms with E-state index in [0.717, 1.165) is 11.8 Å². The van der Waals surface area contributed by atoms with E-state index in [-0.39, 0.29) is 5.22 Å². The summed E-state index contributed by atoms with van der Waals surface area (Å²) < 4.78 is 5.56. The van der Waals surface area contributed by atoms with E-state index in [4.69, 9.17) is 16.0 Å². The van der Waals surface area contributed by atoms with Gasteiger partial charge in [-0.1, -0.05) is 47.6 Å². The molecular formula is C18H15ClN4O3S. The highest BCUT2D eigenvalue weighted by Crippen LogP contribution is 2.27. The summed E-state index contributed by atoms with van der Waals surface area (Å²) in [7, 11) is 0. The zero-order valence-electron chi connectivity index (χ0n) is 14.2. The van der Waals surface area contributed by atoms with Crippen LogP contribution in [0.1, 0.15) is 17.3 Å². The number of rotatable bonds is 5. The number of nitrogens with one attached hydrogen (secondary N) is 2. The Morgan fingerprint density at radius 2 is 1.85 bits per heavy atom. The SMILES string of the molecule is C[C@@H](Sc1nnc(-c2cccc(Cl)c2)o1)C(=O)NNC(=O)c1ccccc1. The first-order valence-electron chi connectivity index (χ1n) is 7.94. The van der Waals surface area contributed by atoms with E-state index in [1.807, 2.05) is 0 Å². The second-order valence-electron chi connectivity index (χ2n) is 5.45. The standard InChI is InChI=1S/C18H15ClN4O3S/c1-11(15(24)20-21-16(25)12-6-3-2-4-7-12)27-18-23-22-17(26-18)13-8-5-9-14(19)10-13/h2-11H,1H3,(H,20,24)(H,21,25)/t11-/m1/s1. The Bertz CT molecular complexity index is 949. The van der Waals surface area contributed by atoms with E-state index >= 15 is 0 Å². The molecule has 3 aromatic rings. The normalized spacial score (nSPS) is 11.6. The third kappa shape index (κ3) is 5.08. The Kier molecular flexibility index (Phi) is 6.10. The Labute approximate surface area is 164 Å². The van der Waals surface area contributed by atoms with Crippen molar-refractivity contribution in [2.24, 2.45) is 0 Å². The molecule has 0 radical (unpaired) electrons. The number of hydrazine groups is 1. The van der Waals surface area contributed by atoms with Crippen LogP contribution in [0.2, 0.25) is 5.02 Å². The fourth-order valence-corrected chi connectivity index (χ4v) is 2.96.